The first-order chi connectivity index (χ1) is 9.69. The molecular formula is C16H29NO2S. The van der Waals surface area contributed by atoms with E-state index in [4.69, 9.17) is 0 Å². The van der Waals surface area contributed by atoms with Crippen molar-refractivity contribution in [2.24, 2.45) is 0 Å². The molecule has 0 saturated heterocycles. The molecule has 1 aromatic rings. The lowest BCUT2D eigenvalue weighted by Gasteiger charge is -2.15. The first kappa shape index (κ1) is 17.3. The third-order valence-electron chi connectivity index (χ3n) is 3.84. The molecule has 0 fully saturated rings. The SMILES string of the molecule is CCCCCCC(CCCCCC)c1sc(=O)[nH]c1O. The van der Waals surface area contributed by atoms with Crippen LogP contribution < -0.4 is 4.87 Å². The van der Waals surface area contributed by atoms with Crippen LogP contribution in [0.4, 0.5) is 0 Å². The molecule has 1 heterocycles. The molecular weight excluding hydrogens is 270 g/mol. The van der Waals surface area contributed by atoms with Gasteiger partial charge >= 0.3 is 4.87 Å². The van der Waals surface area contributed by atoms with E-state index in [9.17, 15) is 9.90 Å². The summed E-state index contributed by atoms with van der Waals surface area (Å²) in [6.45, 7) is 4.43. The Bertz CT molecular complexity index is 399. The van der Waals surface area contributed by atoms with Crippen LogP contribution in [0.25, 0.3) is 0 Å². The van der Waals surface area contributed by atoms with Gasteiger partial charge in [0.05, 0.1) is 4.88 Å². The molecule has 116 valence electrons. The molecule has 0 atom stereocenters. The van der Waals surface area contributed by atoms with Crippen LogP contribution in [0.1, 0.15) is 88.9 Å². The lowest BCUT2D eigenvalue weighted by atomic mass is 9.93. The summed E-state index contributed by atoms with van der Waals surface area (Å²) in [6.07, 6.45) is 12.1. The molecule has 0 aromatic carbocycles. The van der Waals surface area contributed by atoms with Gasteiger partial charge in [-0.1, -0.05) is 76.6 Å². The zero-order valence-corrected chi connectivity index (χ0v) is 13.7. The maximum atomic E-state index is 11.4. The van der Waals surface area contributed by atoms with Crippen LogP contribution in [0, 0.1) is 0 Å². The molecule has 20 heavy (non-hydrogen) atoms. The van der Waals surface area contributed by atoms with Gasteiger partial charge in [-0.15, -0.1) is 0 Å². The predicted octanol–water partition coefficient (Wildman–Crippen LogP) is 5.17. The van der Waals surface area contributed by atoms with Gasteiger partial charge in [-0.2, -0.15) is 0 Å². The summed E-state index contributed by atoms with van der Waals surface area (Å²) in [4.78, 5) is 14.6. The minimum atomic E-state index is -0.135. The minimum absolute atomic E-state index is 0.107. The normalized spacial score (nSPS) is 11.3. The summed E-state index contributed by atoms with van der Waals surface area (Å²) >= 11 is 1.19. The average Bonchev–Trinajstić information content (AvgIpc) is 2.76. The van der Waals surface area contributed by atoms with Gasteiger partial charge in [0, 0.05) is 0 Å². The van der Waals surface area contributed by atoms with Crippen molar-refractivity contribution in [3.8, 4) is 5.88 Å². The molecule has 0 amide bonds. The zero-order valence-electron chi connectivity index (χ0n) is 12.9. The molecule has 0 unspecified atom stereocenters. The predicted molar refractivity (Wildman–Crippen MR) is 86.9 cm³/mol. The van der Waals surface area contributed by atoms with Crippen LogP contribution in [0.5, 0.6) is 5.88 Å². The largest absolute Gasteiger partial charge is 0.494 e. The number of thiazole rings is 1. The van der Waals surface area contributed by atoms with Gasteiger partial charge in [0.15, 0.2) is 0 Å². The first-order valence-electron chi connectivity index (χ1n) is 8.11. The second-order valence-corrected chi connectivity index (χ2v) is 6.64. The second-order valence-electron chi connectivity index (χ2n) is 5.62. The standard InChI is InChI=1S/C16H29NO2S/c1-3-5-7-9-11-13(12-10-8-6-4-2)14-15(18)17-16(19)20-14/h13,18H,3-12H2,1-2H3,(H,17,19). The molecule has 1 aromatic heterocycles. The third kappa shape index (κ3) is 6.12. The molecule has 0 aliphatic heterocycles. The number of H-pyrrole nitrogens is 1. The van der Waals surface area contributed by atoms with Crippen LogP contribution in [0.15, 0.2) is 4.79 Å². The van der Waals surface area contributed by atoms with E-state index < -0.39 is 0 Å². The minimum Gasteiger partial charge on any atom is -0.494 e. The van der Waals surface area contributed by atoms with E-state index in [1.807, 2.05) is 0 Å². The van der Waals surface area contributed by atoms with Crippen molar-refractivity contribution in [2.45, 2.75) is 84.0 Å². The number of hydrogen-bond donors (Lipinski definition) is 2. The Morgan fingerprint density at radius 2 is 1.55 bits per heavy atom. The molecule has 0 bridgehead atoms. The van der Waals surface area contributed by atoms with Crippen LogP contribution >= 0.6 is 11.3 Å². The van der Waals surface area contributed by atoms with Gasteiger partial charge in [-0.25, -0.2) is 0 Å². The van der Waals surface area contributed by atoms with Crippen LogP contribution in [0.2, 0.25) is 0 Å². The summed E-state index contributed by atoms with van der Waals surface area (Å²) in [5, 5.41) is 9.86. The van der Waals surface area contributed by atoms with Crippen LogP contribution in [-0.4, -0.2) is 10.1 Å². The summed E-state index contributed by atoms with van der Waals surface area (Å²) < 4.78 is 0. The Labute approximate surface area is 126 Å². The third-order valence-corrected chi connectivity index (χ3v) is 4.87. The molecule has 0 spiro atoms. The van der Waals surface area contributed by atoms with Crippen molar-refractivity contribution < 1.29 is 5.11 Å². The van der Waals surface area contributed by atoms with Gasteiger partial charge in [0.25, 0.3) is 0 Å². The highest BCUT2D eigenvalue weighted by molar-refractivity contribution is 7.09. The highest BCUT2D eigenvalue weighted by Gasteiger charge is 2.18. The monoisotopic (exact) mass is 299 g/mol. The molecule has 0 aliphatic carbocycles. The summed E-state index contributed by atoms with van der Waals surface area (Å²) in [5.41, 5.74) is 0. The summed E-state index contributed by atoms with van der Waals surface area (Å²) in [7, 11) is 0. The smallest absolute Gasteiger partial charge is 0.307 e. The van der Waals surface area contributed by atoms with Crippen molar-refractivity contribution in [1.29, 1.82) is 0 Å². The van der Waals surface area contributed by atoms with Gasteiger partial charge in [-0.05, 0) is 18.8 Å². The fourth-order valence-electron chi connectivity index (χ4n) is 2.65. The second kappa shape index (κ2) is 10.0. The summed E-state index contributed by atoms with van der Waals surface area (Å²) in [5.74, 6) is 0.462. The molecule has 0 aliphatic rings. The lowest BCUT2D eigenvalue weighted by Crippen LogP contribution is -1.98. The number of rotatable bonds is 11. The molecule has 1 rings (SSSR count). The van der Waals surface area contributed by atoms with Crippen LogP contribution in [0.3, 0.4) is 0 Å². The van der Waals surface area contributed by atoms with E-state index in [0.29, 0.717) is 5.92 Å². The van der Waals surface area contributed by atoms with Crippen molar-refractivity contribution in [1.82, 2.24) is 4.98 Å². The fraction of sp³-hybridized carbons (Fsp3) is 0.812. The van der Waals surface area contributed by atoms with E-state index in [-0.39, 0.29) is 10.8 Å². The van der Waals surface area contributed by atoms with Crippen molar-refractivity contribution >= 4 is 11.3 Å². The van der Waals surface area contributed by atoms with Crippen LogP contribution in [-0.2, 0) is 0 Å². The Balaban J connectivity index is 2.54. The average molecular weight is 299 g/mol. The van der Waals surface area contributed by atoms with E-state index in [1.165, 1.54) is 62.7 Å². The zero-order chi connectivity index (χ0) is 14.8. The molecule has 3 nitrogen and oxygen atoms in total. The van der Waals surface area contributed by atoms with E-state index >= 15 is 0 Å². The number of nitrogens with one attached hydrogen (secondary N) is 1. The van der Waals surface area contributed by atoms with Gasteiger partial charge < -0.3 is 5.11 Å². The number of aromatic nitrogens is 1. The number of aromatic amines is 1. The highest BCUT2D eigenvalue weighted by atomic mass is 32.1. The lowest BCUT2D eigenvalue weighted by molar-refractivity contribution is 0.430. The van der Waals surface area contributed by atoms with Gasteiger partial charge in [-0.3, -0.25) is 9.78 Å². The van der Waals surface area contributed by atoms with Gasteiger partial charge in [0.2, 0.25) is 5.88 Å². The molecule has 4 heteroatoms. The fourth-order valence-corrected chi connectivity index (χ4v) is 3.55. The molecule has 0 saturated carbocycles. The van der Waals surface area contributed by atoms with E-state index in [2.05, 4.69) is 18.8 Å². The highest BCUT2D eigenvalue weighted by Crippen LogP contribution is 2.34. The Kier molecular flexibility index (Phi) is 8.67. The van der Waals surface area contributed by atoms with Crippen molar-refractivity contribution in [3.63, 3.8) is 0 Å². The number of aromatic hydroxyl groups is 1. The number of hydrogen-bond acceptors (Lipinski definition) is 3. The number of unbranched alkanes of at least 4 members (excludes halogenated alkanes) is 6. The van der Waals surface area contributed by atoms with E-state index in [1.54, 1.807) is 0 Å². The maximum absolute atomic E-state index is 11.4. The molecule has 0 radical (unpaired) electrons. The maximum Gasteiger partial charge on any atom is 0.307 e. The topological polar surface area (TPSA) is 53.1 Å². The Morgan fingerprint density at radius 3 is 1.95 bits per heavy atom. The Morgan fingerprint density at radius 1 is 1.00 bits per heavy atom. The van der Waals surface area contributed by atoms with Crippen molar-refractivity contribution in [3.05, 3.63) is 14.5 Å². The first-order valence-corrected chi connectivity index (χ1v) is 8.92. The summed E-state index contributed by atoms with van der Waals surface area (Å²) in [6, 6.07) is 0. The Hall–Kier alpha value is -0.770. The van der Waals surface area contributed by atoms with Gasteiger partial charge in [0.1, 0.15) is 0 Å². The quantitative estimate of drug-likeness (QED) is 0.554. The molecule has 2 N–H and O–H groups in total. The van der Waals surface area contributed by atoms with Crippen molar-refractivity contribution in [2.75, 3.05) is 0 Å². The van der Waals surface area contributed by atoms with E-state index in [0.717, 1.165) is 17.7 Å².